The number of hydrogen-bond acceptors (Lipinski definition) is 13. The Morgan fingerprint density at radius 1 is 1.24 bits per heavy atom. The van der Waals surface area contributed by atoms with Gasteiger partial charge in [0.1, 0.15) is 35.2 Å². The van der Waals surface area contributed by atoms with Crippen LogP contribution in [-0.2, 0) is 14.4 Å². The van der Waals surface area contributed by atoms with Gasteiger partial charge in [-0.15, -0.1) is 23.1 Å². The summed E-state index contributed by atoms with van der Waals surface area (Å²) in [6.45, 7) is -0.132. The molecule has 16 heteroatoms. The average molecular weight is 566 g/mol. The van der Waals surface area contributed by atoms with E-state index in [-0.39, 0.29) is 28.9 Å². The molecule has 2 aliphatic heterocycles. The minimum absolute atomic E-state index is 0.0461. The summed E-state index contributed by atoms with van der Waals surface area (Å²) < 4.78 is 21.7. The van der Waals surface area contributed by atoms with Crippen LogP contribution in [-0.4, -0.2) is 88.8 Å². The summed E-state index contributed by atoms with van der Waals surface area (Å²) in [5, 5.41) is 25.6. The lowest BCUT2D eigenvalue weighted by Gasteiger charge is -2.49. The first-order chi connectivity index (χ1) is 18.2. The van der Waals surface area contributed by atoms with E-state index in [1.54, 1.807) is 12.1 Å². The highest BCUT2D eigenvalue weighted by Gasteiger charge is 2.54. The fourth-order valence-corrected chi connectivity index (χ4v) is 5.80. The molecule has 38 heavy (non-hydrogen) atoms. The van der Waals surface area contributed by atoms with E-state index in [2.05, 4.69) is 15.5 Å². The SMILES string of the molecule is COc1cc(OCC2=C(C(=O)O)N3C(=O)C(NC(=O)C(=NO)c4csc(N)n4)[C@@H]3SC2)cc(OC)c1OC. The van der Waals surface area contributed by atoms with E-state index in [0.29, 0.717) is 28.6 Å². The summed E-state index contributed by atoms with van der Waals surface area (Å²) in [6.07, 6.45) is 0. The van der Waals surface area contributed by atoms with Crippen LogP contribution in [0.5, 0.6) is 23.0 Å². The minimum Gasteiger partial charge on any atom is -0.493 e. The molecule has 0 bridgehead atoms. The number of thiazole rings is 1. The number of rotatable bonds is 10. The van der Waals surface area contributed by atoms with Crippen molar-refractivity contribution >= 4 is 51.7 Å². The summed E-state index contributed by atoms with van der Waals surface area (Å²) in [6, 6.07) is 2.10. The fourth-order valence-electron chi connectivity index (χ4n) is 3.92. The first-order valence-corrected chi connectivity index (χ1v) is 12.7. The Morgan fingerprint density at radius 3 is 2.45 bits per heavy atom. The Morgan fingerprint density at radius 2 is 1.92 bits per heavy atom. The molecule has 0 saturated carbocycles. The van der Waals surface area contributed by atoms with Gasteiger partial charge in [-0.05, 0) is 0 Å². The predicted molar refractivity (Wildman–Crippen MR) is 136 cm³/mol. The van der Waals surface area contributed by atoms with E-state index in [1.807, 2.05) is 0 Å². The smallest absolute Gasteiger partial charge is 0.352 e. The number of carbonyl (C=O) groups is 3. The van der Waals surface area contributed by atoms with Crippen molar-refractivity contribution in [3.63, 3.8) is 0 Å². The van der Waals surface area contributed by atoms with Crippen LogP contribution in [0.3, 0.4) is 0 Å². The van der Waals surface area contributed by atoms with Crippen molar-refractivity contribution in [3.8, 4) is 23.0 Å². The van der Waals surface area contributed by atoms with E-state index < -0.39 is 34.9 Å². The summed E-state index contributed by atoms with van der Waals surface area (Å²) >= 11 is 2.30. The quantitative estimate of drug-likeness (QED) is 0.137. The molecule has 14 nitrogen and oxygen atoms in total. The van der Waals surface area contributed by atoms with E-state index in [1.165, 1.54) is 38.5 Å². The molecule has 1 fully saturated rings. The molecule has 202 valence electrons. The lowest BCUT2D eigenvalue weighted by atomic mass is 10.0. The van der Waals surface area contributed by atoms with Crippen molar-refractivity contribution in [1.29, 1.82) is 0 Å². The van der Waals surface area contributed by atoms with Crippen LogP contribution in [0, 0.1) is 0 Å². The van der Waals surface area contributed by atoms with Gasteiger partial charge in [0.2, 0.25) is 5.75 Å². The van der Waals surface area contributed by atoms with Crippen molar-refractivity contribution in [2.45, 2.75) is 11.4 Å². The molecule has 1 saturated heterocycles. The van der Waals surface area contributed by atoms with Gasteiger partial charge in [0.15, 0.2) is 22.3 Å². The van der Waals surface area contributed by atoms with Gasteiger partial charge in [-0.2, -0.15) is 0 Å². The molecule has 4 rings (SSSR count). The normalized spacial score (nSPS) is 18.9. The number of hydrogen-bond donors (Lipinski definition) is 4. The standard InChI is InChI=1S/C22H23N5O9S2/c1-33-12-4-10(5-13(34-2)17(12)35-3)36-6-9-7-37-20-15(19(29)27(20)16(9)21(30)31)25-18(28)14(26-32)11-8-38-22(23)24-11/h4-5,8,15,20,32H,6-7H2,1-3H3,(H2,23,24)(H,25,28)(H,30,31)/t15?,20-/m0/s1. The second-order valence-electron chi connectivity index (χ2n) is 7.79. The van der Waals surface area contributed by atoms with Crippen LogP contribution >= 0.6 is 23.1 Å². The predicted octanol–water partition coefficient (Wildman–Crippen LogP) is 0.747. The number of methoxy groups -OCH3 is 3. The number of oxime groups is 1. The van der Waals surface area contributed by atoms with Gasteiger partial charge in [-0.3, -0.25) is 14.5 Å². The molecular formula is C22H23N5O9S2. The number of nitrogens with one attached hydrogen (secondary N) is 1. The number of aromatic nitrogens is 1. The third-order valence-electron chi connectivity index (χ3n) is 5.67. The molecule has 1 aromatic carbocycles. The van der Waals surface area contributed by atoms with Crippen LogP contribution < -0.4 is 30.0 Å². The number of aliphatic carboxylic acids is 1. The first kappa shape index (κ1) is 26.9. The Labute approximate surface area is 224 Å². The maximum Gasteiger partial charge on any atom is 0.352 e. The molecule has 2 amide bonds. The Hall–Kier alpha value is -4.18. The number of ether oxygens (including phenoxy) is 4. The number of carboxylic acids is 1. The summed E-state index contributed by atoms with van der Waals surface area (Å²) in [7, 11) is 4.37. The molecular weight excluding hydrogens is 542 g/mol. The second kappa shape index (κ2) is 11.1. The van der Waals surface area contributed by atoms with E-state index in [9.17, 15) is 24.7 Å². The second-order valence-corrected chi connectivity index (χ2v) is 9.78. The lowest BCUT2D eigenvalue weighted by molar-refractivity contribution is -0.150. The number of nitrogens with zero attached hydrogens (tertiary/aromatic N) is 3. The maximum absolute atomic E-state index is 12.9. The molecule has 1 aromatic heterocycles. The fraction of sp³-hybridized carbons (Fsp3) is 0.318. The number of carboxylic acid groups (broad SMARTS) is 1. The van der Waals surface area contributed by atoms with E-state index in [0.717, 1.165) is 16.2 Å². The molecule has 2 atom stereocenters. The van der Waals surface area contributed by atoms with Crippen molar-refractivity contribution in [1.82, 2.24) is 15.2 Å². The highest BCUT2D eigenvalue weighted by atomic mass is 32.2. The zero-order chi connectivity index (χ0) is 27.6. The molecule has 3 heterocycles. The number of anilines is 1. The van der Waals surface area contributed by atoms with Crippen molar-refractivity contribution < 1.29 is 43.6 Å². The first-order valence-electron chi connectivity index (χ1n) is 10.8. The third kappa shape index (κ3) is 4.87. The highest BCUT2D eigenvalue weighted by Crippen LogP contribution is 2.42. The van der Waals surface area contributed by atoms with Crippen LogP contribution in [0.1, 0.15) is 5.69 Å². The zero-order valence-electron chi connectivity index (χ0n) is 20.3. The average Bonchev–Trinajstić information content (AvgIpc) is 3.34. The molecule has 2 aromatic rings. The number of carbonyl (C=O) groups excluding carboxylic acids is 2. The van der Waals surface area contributed by atoms with Gasteiger partial charge in [0.25, 0.3) is 11.8 Å². The van der Waals surface area contributed by atoms with Crippen LogP contribution in [0.2, 0.25) is 0 Å². The molecule has 0 aliphatic carbocycles. The third-order valence-corrected chi connectivity index (χ3v) is 7.68. The summed E-state index contributed by atoms with van der Waals surface area (Å²) in [5.41, 5.74) is 5.33. The molecule has 1 unspecified atom stereocenters. The maximum atomic E-state index is 12.9. The number of nitrogens with two attached hydrogens (primary N) is 1. The number of fused-ring (bicyclic) bond motifs is 1. The highest BCUT2D eigenvalue weighted by molar-refractivity contribution is 8.00. The lowest BCUT2D eigenvalue weighted by Crippen LogP contribution is -2.71. The van der Waals surface area contributed by atoms with Gasteiger partial charge < -0.3 is 40.3 Å². The topological polar surface area (TPSA) is 195 Å². The van der Waals surface area contributed by atoms with E-state index in [4.69, 9.17) is 24.7 Å². The number of β-lactam (4-membered cyclic amide) rings is 1. The number of thioether (sulfide) groups is 1. The van der Waals surface area contributed by atoms with Gasteiger partial charge in [-0.1, -0.05) is 5.16 Å². The number of amides is 2. The summed E-state index contributed by atoms with van der Waals surface area (Å²) in [5.74, 6) is -1.16. The molecule has 2 aliphatic rings. The summed E-state index contributed by atoms with van der Waals surface area (Å²) in [4.78, 5) is 42.7. The minimum atomic E-state index is -1.31. The Bertz CT molecular complexity index is 1320. The number of nitrogen functional groups attached to an aromatic ring is 1. The van der Waals surface area contributed by atoms with Crippen LogP contribution in [0.25, 0.3) is 0 Å². The Balaban J connectivity index is 1.50. The molecule has 0 radical (unpaired) electrons. The van der Waals surface area contributed by atoms with Gasteiger partial charge >= 0.3 is 5.97 Å². The molecule has 0 spiro atoms. The van der Waals surface area contributed by atoms with Crippen molar-refractivity contribution in [3.05, 3.63) is 34.5 Å². The molecule has 5 N–H and O–H groups in total. The monoisotopic (exact) mass is 565 g/mol. The van der Waals surface area contributed by atoms with Gasteiger partial charge in [0.05, 0.1) is 21.3 Å². The van der Waals surface area contributed by atoms with Crippen LogP contribution in [0.4, 0.5) is 5.13 Å². The van der Waals surface area contributed by atoms with Crippen molar-refractivity contribution in [2.24, 2.45) is 5.16 Å². The van der Waals surface area contributed by atoms with E-state index >= 15 is 0 Å². The zero-order valence-corrected chi connectivity index (χ0v) is 21.9. The number of benzene rings is 1. The largest absolute Gasteiger partial charge is 0.493 e. The van der Waals surface area contributed by atoms with Gasteiger partial charge in [0, 0.05) is 28.8 Å². The Kier molecular flexibility index (Phi) is 7.82. The van der Waals surface area contributed by atoms with Crippen LogP contribution in [0.15, 0.2) is 33.9 Å². The van der Waals surface area contributed by atoms with Crippen molar-refractivity contribution in [2.75, 3.05) is 39.4 Å². The van der Waals surface area contributed by atoms with Gasteiger partial charge in [-0.25, -0.2) is 9.78 Å².